The summed E-state index contributed by atoms with van der Waals surface area (Å²) >= 11 is 0. The van der Waals surface area contributed by atoms with Gasteiger partial charge in [-0.2, -0.15) is 10.4 Å². The van der Waals surface area contributed by atoms with Gasteiger partial charge in [0.05, 0.1) is 30.6 Å². The number of carbonyl (C=O) groups excluding carboxylic acids is 1. The summed E-state index contributed by atoms with van der Waals surface area (Å²) < 4.78 is 7.07. The van der Waals surface area contributed by atoms with Crippen molar-refractivity contribution in [3.05, 3.63) is 17.0 Å². The maximum absolute atomic E-state index is 12.2. The first-order chi connectivity index (χ1) is 10.6. The van der Waals surface area contributed by atoms with Crippen LogP contribution in [0.2, 0.25) is 0 Å². The van der Waals surface area contributed by atoms with Crippen molar-refractivity contribution < 1.29 is 9.53 Å². The fourth-order valence-electron chi connectivity index (χ4n) is 2.54. The van der Waals surface area contributed by atoms with Gasteiger partial charge < -0.3 is 15.0 Å². The monoisotopic (exact) mass is 305 g/mol. The zero-order chi connectivity index (χ0) is 16.1. The predicted molar refractivity (Wildman–Crippen MR) is 80.9 cm³/mol. The lowest BCUT2D eigenvalue weighted by atomic mass is 10.0. The number of rotatable bonds is 5. The lowest BCUT2D eigenvalue weighted by molar-refractivity contribution is 0.148. The van der Waals surface area contributed by atoms with Crippen molar-refractivity contribution >= 4 is 6.03 Å². The molecule has 2 rings (SSSR count). The van der Waals surface area contributed by atoms with Crippen LogP contribution in [-0.2, 0) is 31.4 Å². The third-order valence-corrected chi connectivity index (χ3v) is 4.01. The fraction of sp³-hybridized carbons (Fsp3) is 0.667. The van der Waals surface area contributed by atoms with E-state index in [0.29, 0.717) is 19.7 Å². The molecule has 0 aliphatic carbocycles. The number of urea groups is 1. The quantitative estimate of drug-likeness (QED) is 0.832. The number of ether oxygens (including phenoxy) is 1. The van der Waals surface area contributed by atoms with Crippen LogP contribution in [0.25, 0.3) is 0 Å². The second-order valence-electron chi connectivity index (χ2n) is 5.58. The van der Waals surface area contributed by atoms with Crippen molar-refractivity contribution in [2.24, 2.45) is 7.05 Å². The van der Waals surface area contributed by atoms with E-state index in [-0.39, 0.29) is 18.7 Å². The normalized spacial score (nSPS) is 15.1. The molecule has 0 bridgehead atoms. The van der Waals surface area contributed by atoms with Gasteiger partial charge in [0.25, 0.3) is 0 Å². The van der Waals surface area contributed by atoms with E-state index in [1.54, 1.807) is 0 Å². The van der Waals surface area contributed by atoms with E-state index in [2.05, 4.69) is 10.4 Å². The molecule has 120 valence electrons. The Labute approximate surface area is 130 Å². The Hall–Kier alpha value is -2.07. The van der Waals surface area contributed by atoms with Crippen LogP contribution in [0.15, 0.2) is 0 Å². The number of amides is 2. The van der Waals surface area contributed by atoms with Crippen LogP contribution in [0, 0.1) is 11.3 Å². The maximum Gasteiger partial charge on any atom is 0.317 e. The average molecular weight is 305 g/mol. The molecule has 0 saturated heterocycles. The Morgan fingerprint density at radius 3 is 3.05 bits per heavy atom. The largest absolute Gasteiger partial charge is 0.360 e. The summed E-state index contributed by atoms with van der Waals surface area (Å²) in [5.41, 5.74) is 3.06. The molecular weight excluding hydrogens is 282 g/mol. The lowest BCUT2D eigenvalue weighted by Gasteiger charge is -2.29. The van der Waals surface area contributed by atoms with E-state index >= 15 is 0 Å². The lowest BCUT2D eigenvalue weighted by Crippen LogP contribution is -2.46. The number of fused-ring (bicyclic) bond motifs is 1. The highest BCUT2D eigenvalue weighted by Gasteiger charge is 2.26. The first kappa shape index (κ1) is 16.3. The van der Waals surface area contributed by atoms with Crippen molar-refractivity contribution in [1.29, 1.82) is 5.26 Å². The Morgan fingerprint density at radius 2 is 2.36 bits per heavy atom. The highest BCUT2D eigenvalue weighted by atomic mass is 16.5. The van der Waals surface area contributed by atoms with E-state index in [1.807, 2.05) is 36.5 Å². The molecule has 0 spiro atoms. The third kappa shape index (κ3) is 3.57. The van der Waals surface area contributed by atoms with Crippen LogP contribution in [-0.4, -0.2) is 39.9 Å². The zero-order valence-electron chi connectivity index (χ0n) is 13.4. The summed E-state index contributed by atoms with van der Waals surface area (Å²) in [4.78, 5) is 14.0. The van der Waals surface area contributed by atoms with Gasteiger partial charge in [0.2, 0.25) is 0 Å². The molecule has 2 amide bonds. The Bertz CT molecular complexity index is 575. The van der Waals surface area contributed by atoms with Gasteiger partial charge in [-0.1, -0.05) is 6.92 Å². The second-order valence-corrected chi connectivity index (χ2v) is 5.58. The Morgan fingerprint density at radius 1 is 1.59 bits per heavy atom. The van der Waals surface area contributed by atoms with Crippen LogP contribution in [0.4, 0.5) is 4.79 Å². The number of nitriles is 1. The smallest absolute Gasteiger partial charge is 0.317 e. The molecule has 0 aromatic carbocycles. The summed E-state index contributed by atoms with van der Waals surface area (Å²) in [6, 6.07) is 2.10. The number of nitrogens with zero attached hydrogens (tertiary/aromatic N) is 4. The van der Waals surface area contributed by atoms with Gasteiger partial charge in [-0.15, -0.1) is 0 Å². The van der Waals surface area contributed by atoms with Crippen molar-refractivity contribution in [1.82, 2.24) is 20.0 Å². The molecule has 0 fully saturated rings. The van der Waals surface area contributed by atoms with E-state index in [4.69, 9.17) is 10.00 Å². The van der Waals surface area contributed by atoms with Crippen molar-refractivity contribution in [2.45, 2.75) is 45.9 Å². The molecule has 7 nitrogen and oxygen atoms in total. The molecule has 1 aliphatic rings. The van der Waals surface area contributed by atoms with Crippen molar-refractivity contribution in [3.8, 4) is 6.07 Å². The number of hydrogen-bond donors (Lipinski definition) is 1. The SMILES string of the molecule is CCC(C)NC(=O)N1CCc2c(COCC#N)nn(C)c2C1. The maximum atomic E-state index is 12.2. The Balaban J connectivity index is 2.05. The van der Waals surface area contributed by atoms with Gasteiger partial charge in [0, 0.05) is 25.2 Å². The van der Waals surface area contributed by atoms with Crippen LogP contribution in [0.1, 0.15) is 37.2 Å². The molecule has 1 unspecified atom stereocenters. The molecule has 2 heterocycles. The number of aryl methyl sites for hydroxylation is 1. The molecule has 1 aromatic heterocycles. The van der Waals surface area contributed by atoms with E-state index in [0.717, 1.165) is 29.8 Å². The van der Waals surface area contributed by atoms with E-state index in [9.17, 15) is 4.79 Å². The number of hydrogen-bond acceptors (Lipinski definition) is 4. The van der Waals surface area contributed by atoms with Gasteiger partial charge in [0.15, 0.2) is 0 Å². The minimum atomic E-state index is -0.0246. The molecule has 1 aromatic rings. The van der Waals surface area contributed by atoms with Crippen molar-refractivity contribution in [2.75, 3.05) is 13.2 Å². The van der Waals surface area contributed by atoms with E-state index in [1.165, 1.54) is 0 Å². The van der Waals surface area contributed by atoms with Gasteiger partial charge in [0.1, 0.15) is 6.61 Å². The average Bonchev–Trinajstić information content (AvgIpc) is 2.83. The van der Waals surface area contributed by atoms with Crippen LogP contribution in [0.3, 0.4) is 0 Å². The second kappa shape index (κ2) is 7.27. The summed E-state index contributed by atoms with van der Waals surface area (Å²) in [5.74, 6) is 0. The van der Waals surface area contributed by atoms with Gasteiger partial charge >= 0.3 is 6.03 Å². The van der Waals surface area contributed by atoms with Crippen LogP contribution in [0.5, 0.6) is 0 Å². The van der Waals surface area contributed by atoms with Gasteiger partial charge in [-0.05, 0) is 19.8 Å². The standard InChI is InChI=1S/C15H23N5O2/c1-4-11(2)17-15(21)20-7-5-12-13(10-22-8-6-16)18-19(3)14(12)9-20/h11H,4-5,7-10H2,1-3H3,(H,17,21). The minimum absolute atomic E-state index is 0.0246. The highest BCUT2D eigenvalue weighted by Crippen LogP contribution is 2.22. The Kier molecular flexibility index (Phi) is 5.39. The third-order valence-electron chi connectivity index (χ3n) is 4.01. The molecular formula is C15H23N5O2. The minimum Gasteiger partial charge on any atom is -0.360 e. The first-order valence-electron chi connectivity index (χ1n) is 7.60. The molecule has 1 atom stereocenters. The van der Waals surface area contributed by atoms with E-state index < -0.39 is 0 Å². The van der Waals surface area contributed by atoms with Crippen molar-refractivity contribution in [3.63, 3.8) is 0 Å². The summed E-state index contributed by atoms with van der Waals surface area (Å²) in [5, 5.41) is 16.0. The highest BCUT2D eigenvalue weighted by molar-refractivity contribution is 5.74. The number of nitrogens with one attached hydrogen (secondary N) is 1. The van der Waals surface area contributed by atoms with Gasteiger partial charge in [-0.3, -0.25) is 4.68 Å². The molecule has 1 N–H and O–H groups in total. The summed E-state index contributed by atoms with van der Waals surface area (Å²) in [6.45, 7) is 5.69. The molecule has 0 radical (unpaired) electrons. The molecule has 22 heavy (non-hydrogen) atoms. The fourth-order valence-corrected chi connectivity index (χ4v) is 2.54. The van der Waals surface area contributed by atoms with Crippen LogP contribution < -0.4 is 5.32 Å². The van der Waals surface area contributed by atoms with Crippen LogP contribution >= 0.6 is 0 Å². The number of carbonyl (C=O) groups is 1. The number of aromatic nitrogens is 2. The predicted octanol–water partition coefficient (Wildman–Crippen LogP) is 1.33. The summed E-state index contributed by atoms with van der Waals surface area (Å²) in [6.07, 6.45) is 1.68. The zero-order valence-corrected chi connectivity index (χ0v) is 13.4. The summed E-state index contributed by atoms with van der Waals surface area (Å²) in [7, 11) is 1.88. The topological polar surface area (TPSA) is 83.2 Å². The molecule has 0 saturated carbocycles. The molecule has 1 aliphatic heterocycles. The van der Waals surface area contributed by atoms with Gasteiger partial charge in [-0.25, -0.2) is 4.79 Å². The molecule has 7 heteroatoms. The first-order valence-corrected chi connectivity index (χ1v) is 7.60.